The van der Waals surface area contributed by atoms with Crippen LogP contribution in [0.2, 0.25) is 5.02 Å². The fraction of sp³-hybridized carbons (Fsp3) is 0.273. The largest absolute Gasteiger partial charge is 0.405 e. The predicted octanol–water partition coefficient (Wildman–Crippen LogP) is 3.48. The molecular weight excluding hydrogens is 473 g/mol. The van der Waals surface area contributed by atoms with Crippen LogP contribution < -0.4 is 5.32 Å². The van der Waals surface area contributed by atoms with Crippen molar-refractivity contribution >= 4 is 45.4 Å². The van der Waals surface area contributed by atoms with Crippen LogP contribution in [0.5, 0.6) is 0 Å². The third-order valence-corrected chi connectivity index (χ3v) is 6.09. The topological polar surface area (TPSA) is 95.9 Å². The highest BCUT2D eigenvalue weighted by Crippen LogP contribution is 2.36. The second-order valence-electron chi connectivity index (χ2n) is 8.07. The highest BCUT2D eigenvalue weighted by atomic mass is 35.5. The minimum atomic E-state index is -4.50. The molecule has 4 heterocycles. The molecule has 0 bridgehead atoms. The lowest BCUT2D eigenvalue weighted by Gasteiger charge is -2.38. The van der Waals surface area contributed by atoms with Crippen molar-refractivity contribution in [2.24, 2.45) is 0 Å². The Hall–Kier alpha value is -3.60. The fourth-order valence-corrected chi connectivity index (χ4v) is 4.41. The summed E-state index contributed by atoms with van der Waals surface area (Å²) in [5, 5.41) is 8.13. The van der Waals surface area contributed by atoms with E-state index in [1.54, 1.807) is 47.6 Å². The number of nitrogens with one attached hydrogen (secondary N) is 2. The third-order valence-electron chi connectivity index (χ3n) is 5.78. The van der Waals surface area contributed by atoms with Crippen molar-refractivity contribution in [2.75, 3.05) is 19.6 Å². The Morgan fingerprint density at radius 2 is 2.00 bits per heavy atom. The summed E-state index contributed by atoms with van der Waals surface area (Å²) in [7, 11) is 0. The van der Waals surface area contributed by atoms with Crippen LogP contribution in [0.4, 0.5) is 13.2 Å². The lowest BCUT2D eigenvalue weighted by atomic mass is 9.93. The molecule has 1 saturated heterocycles. The number of amides is 2. The van der Waals surface area contributed by atoms with Crippen LogP contribution in [-0.2, 0) is 11.3 Å². The molecule has 0 atom stereocenters. The molecular formula is C22H18ClF3N6O2. The molecule has 1 aliphatic heterocycles. The van der Waals surface area contributed by atoms with Crippen molar-refractivity contribution in [3.8, 4) is 0 Å². The summed E-state index contributed by atoms with van der Waals surface area (Å²) in [6.45, 7) is -1.01. The van der Waals surface area contributed by atoms with Gasteiger partial charge in [-0.1, -0.05) is 17.7 Å². The summed E-state index contributed by atoms with van der Waals surface area (Å²) < 4.78 is 38.6. The first-order valence-electron chi connectivity index (χ1n) is 10.4. The summed E-state index contributed by atoms with van der Waals surface area (Å²) in [5.74, 6) is -1.08. The number of carbonyl (C=O) groups excluding carboxylic acids is 2. The summed E-state index contributed by atoms with van der Waals surface area (Å²) >= 11 is 6.41. The first-order valence-corrected chi connectivity index (χ1v) is 10.8. The second-order valence-corrected chi connectivity index (χ2v) is 8.48. The first-order chi connectivity index (χ1) is 16.2. The maximum atomic E-state index is 13.0. The van der Waals surface area contributed by atoms with Crippen LogP contribution in [0.3, 0.4) is 0 Å². The molecule has 1 fully saturated rings. The molecule has 12 heteroatoms. The SMILES string of the molecule is O=C(Cn1nc(C2CN(C(=O)c3ccnc4[nH]ccc34)C2)c2c(Cl)cccc21)NCC(F)(F)F. The van der Waals surface area contributed by atoms with E-state index in [0.717, 1.165) is 5.39 Å². The Labute approximate surface area is 195 Å². The van der Waals surface area contributed by atoms with Gasteiger partial charge >= 0.3 is 6.18 Å². The second kappa shape index (κ2) is 8.32. The molecule has 0 aliphatic carbocycles. The number of H-pyrrole nitrogens is 1. The van der Waals surface area contributed by atoms with Gasteiger partial charge < -0.3 is 15.2 Å². The molecule has 34 heavy (non-hydrogen) atoms. The molecule has 2 N–H and O–H groups in total. The Morgan fingerprint density at radius 3 is 2.76 bits per heavy atom. The first kappa shape index (κ1) is 22.2. The van der Waals surface area contributed by atoms with Crippen molar-refractivity contribution in [3.63, 3.8) is 0 Å². The highest BCUT2D eigenvalue weighted by molar-refractivity contribution is 6.35. The molecule has 0 unspecified atom stereocenters. The number of carbonyl (C=O) groups is 2. The van der Waals surface area contributed by atoms with Crippen LogP contribution in [0.1, 0.15) is 22.0 Å². The average molecular weight is 491 g/mol. The van der Waals surface area contributed by atoms with E-state index in [0.29, 0.717) is 45.9 Å². The number of hydrogen-bond acceptors (Lipinski definition) is 4. The standard InChI is InChI=1S/C22H18ClF3N6O2/c23-15-2-1-3-16-18(15)19(30-32(16)10-17(33)29-11-22(24,25)26)12-8-31(9-12)21(34)14-5-7-28-20-13(14)4-6-27-20/h1-7,12H,8-11H2,(H,27,28)(H,29,33). The number of aromatic amines is 1. The van der Waals surface area contributed by atoms with E-state index in [9.17, 15) is 22.8 Å². The number of nitrogens with zero attached hydrogens (tertiary/aromatic N) is 4. The lowest BCUT2D eigenvalue weighted by molar-refractivity contribution is -0.138. The summed E-state index contributed by atoms with van der Waals surface area (Å²) in [6, 6.07) is 8.54. The molecule has 3 aromatic heterocycles. The predicted molar refractivity (Wildman–Crippen MR) is 119 cm³/mol. The van der Waals surface area contributed by atoms with Crippen LogP contribution >= 0.6 is 11.6 Å². The van der Waals surface area contributed by atoms with E-state index < -0.39 is 18.6 Å². The minimum absolute atomic E-state index is 0.130. The van der Waals surface area contributed by atoms with Gasteiger partial charge in [-0.25, -0.2) is 4.98 Å². The molecule has 176 valence electrons. The Balaban J connectivity index is 1.36. The number of likely N-dealkylation sites (tertiary alicyclic amines) is 1. The molecule has 8 nitrogen and oxygen atoms in total. The highest BCUT2D eigenvalue weighted by Gasteiger charge is 2.36. The lowest BCUT2D eigenvalue weighted by Crippen LogP contribution is -2.48. The van der Waals surface area contributed by atoms with Crippen LogP contribution in [0.25, 0.3) is 21.9 Å². The smallest absolute Gasteiger partial charge is 0.346 e. The number of halogens is 4. The Kier molecular flexibility index (Phi) is 5.43. The minimum Gasteiger partial charge on any atom is -0.346 e. The number of benzene rings is 1. The number of fused-ring (bicyclic) bond motifs is 2. The molecule has 0 spiro atoms. The number of alkyl halides is 3. The number of pyridine rings is 1. The fourth-order valence-electron chi connectivity index (χ4n) is 4.15. The molecule has 5 rings (SSSR count). The quantitative estimate of drug-likeness (QED) is 0.447. The van der Waals surface area contributed by atoms with Crippen LogP contribution in [0.15, 0.2) is 42.7 Å². The Morgan fingerprint density at radius 1 is 1.21 bits per heavy atom. The maximum absolute atomic E-state index is 13.0. The van der Waals surface area contributed by atoms with Gasteiger partial charge in [0.2, 0.25) is 5.91 Å². The average Bonchev–Trinajstić information content (AvgIpc) is 3.36. The number of hydrogen-bond donors (Lipinski definition) is 2. The summed E-state index contributed by atoms with van der Waals surface area (Å²) in [5.41, 5.74) is 2.31. The van der Waals surface area contributed by atoms with E-state index in [1.807, 2.05) is 5.32 Å². The van der Waals surface area contributed by atoms with E-state index in [4.69, 9.17) is 11.6 Å². The van der Waals surface area contributed by atoms with E-state index in [2.05, 4.69) is 15.1 Å². The van der Waals surface area contributed by atoms with Crippen molar-refractivity contribution in [1.29, 1.82) is 0 Å². The van der Waals surface area contributed by atoms with Gasteiger partial charge in [0.25, 0.3) is 5.91 Å². The van der Waals surface area contributed by atoms with Crippen molar-refractivity contribution < 1.29 is 22.8 Å². The van der Waals surface area contributed by atoms with Gasteiger partial charge in [-0.2, -0.15) is 18.3 Å². The van der Waals surface area contributed by atoms with Gasteiger partial charge in [-0.3, -0.25) is 14.3 Å². The van der Waals surface area contributed by atoms with E-state index in [1.165, 1.54) is 4.68 Å². The monoisotopic (exact) mass is 490 g/mol. The molecule has 0 radical (unpaired) electrons. The van der Waals surface area contributed by atoms with Gasteiger partial charge in [-0.05, 0) is 24.3 Å². The molecule has 0 saturated carbocycles. The van der Waals surface area contributed by atoms with Gasteiger partial charge in [0.05, 0.1) is 21.8 Å². The number of aromatic nitrogens is 4. The van der Waals surface area contributed by atoms with Crippen molar-refractivity contribution in [3.05, 3.63) is 59.0 Å². The van der Waals surface area contributed by atoms with Crippen LogP contribution in [-0.4, -0.2) is 62.3 Å². The molecule has 2 amide bonds. The van der Waals surface area contributed by atoms with Crippen LogP contribution in [0, 0.1) is 0 Å². The number of rotatable bonds is 5. The summed E-state index contributed by atoms with van der Waals surface area (Å²) in [6.07, 6.45) is -1.21. The normalized spacial score (nSPS) is 14.5. The molecule has 4 aromatic rings. The van der Waals surface area contributed by atoms with Gasteiger partial charge in [0.15, 0.2) is 0 Å². The van der Waals surface area contributed by atoms with Gasteiger partial charge in [-0.15, -0.1) is 0 Å². The third kappa shape index (κ3) is 4.07. The zero-order valence-corrected chi connectivity index (χ0v) is 18.3. The van der Waals surface area contributed by atoms with Gasteiger partial charge in [0, 0.05) is 42.2 Å². The summed E-state index contributed by atoms with van der Waals surface area (Å²) in [4.78, 5) is 34.0. The van der Waals surface area contributed by atoms with Gasteiger partial charge in [0.1, 0.15) is 18.7 Å². The molecule has 1 aromatic carbocycles. The van der Waals surface area contributed by atoms with E-state index >= 15 is 0 Å². The van der Waals surface area contributed by atoms with Crippen molar-refractivity contribution in [2.45, 2.75) is 18.6 Å². The maximum Gasteiger partial charge on any atom is 0.405 e. The Bertz CT molecular complexity index is 1410. The molecule has 1 aliphatic rings. The zero-order valence-electron chi connectivity index (χ0n) is 17.6. The van der Waals surface area contributed by atoms with E-state index in [-0.39, 0.29) is 18.4 Å². The zero-order chi connectivity index (χ0) is 24.0. The van der Waals surface area contributed by atoms with Crippen molar-refractivity contribution in [1.82, 2.24) is 30.0 Å².